The number of amides is 1. The number of carboxylic acids is 16. The first kappa shape index (κ1) is 157. The summed E-state index contributed by atoms with van der Waals surface area (Å²) < 4.78 is 0. The van der Waals surface area contributed by atoms with E-state index in [2.05, 4.69) is 38.9 Å². The summed E-state index contributed by atoms with van der Waals surface area (Å²) in [5.41, 5.74) is 98.8. The van der Waals surface area contributed by atoms with Crippen LogP contribution in [0.5, 0.6) is 0 Å². The molecule has 0 unspecified atom stereocenters. The van der Waals surface area contributed by atoms with E-state index in [4.69, 9.17) is 212 Å². The van der Waals surface area contributed by atoms with E-state index in [1.165, 1.54) is 0 Å². The van der Waals surface area contributed by atoms with Crippen molar-refractivity contribution in [1.29, 1.82) is 16.2 Å². The standard InChI is InChI=1S/C11H12N2O2.3C6H14N4O2.C6H14N2O2.2C6H13NO2.C5H10N2O3.C5H9NO2.3C5H11NO2.C4H7NO4.C3H7NO3.C3H7NO2S/c12-9(11(14)15)5-7-6-13-10-4-2-1-3-8(7)10;3*7-4(5(11)12)2-1-3-10-6(8)9;7-4-2-1-3-5(8)6(9)10;1-4(2)3-5(7)6(8)9;1-3-4(2)5(7)6(8)9;6-3(5(9)10)1-2-4(7)8;7-5(8)4-2-1-3-6-4;3*1-3(2)4(6)5(7)8;5-2(4(8)9)1-3(6)7;4-2(1-5)3(6)7;4-2(1-7)3(5)6/h1-4,6,9,13H,5,12H2,(H,14,15);3*4H,1-3,7H2,(H,11,12)(H4,8,9,10);5H,1-4,7-8H2,(H,9,10);2*4-5H,3,7H2,1-2H3,(H,8,9);3H,1-2,6H2,(H2,7,8)(H,9,10);4,6H,1-3H2,(H,7,8);3*3-4H,6H2,1-2H3,(H,7,8);2H,1,5H2,(H,6,7)(H,8,9);2,5H,1,4H2,(H,6,7);2,7H,1,4H2,(H,5,6)/t9-;3*4-;2*5-;4-,5-;3-;4*4-;3*2-/m000000000000000/s1. The number of rotatable bonds is 47. The summed E-state index contributed by atoms with van der Waals surface area (Å²) in [5, 5.41) is 172. The number of unbranched alkanes of at least 4 members (excludes halogenated alkanes) is 1. The quantitative estimate of drug-likeness (QED) is 0.0127. The molecule has 1 amide bonds. The molecule has 1 aromatic carbocycles. The lowest BCUT2D eigenvalue weighted by Gasteiger charge is -2.11. The minimum atomic E-state index is -1.29. The topological polar surface area (TPSA) is 1260 Å². The SMILES string of the molecule is CC(C)C[C@H](N)C(=O)O.CC(C)[C@H](N)C(=O)O.CC(C)[C@H](N)C(=O)O.CC(C)[C@H](N)C(=O)O.CC[C@H](C)[C@H](N)C(=O)O.N=C(N)NCCC[C@H](N)C(=O)O.N=C(N)NCCC[C@H](N)C(=O)O.N=C(N)NCCC[C@H](N)C(=O)O.NC(=O)CC[C@H](N)C(=O)O.NCCCC[C@H](N)C(=O)O.N[C@@H](CC(=O)O)C(=O)O.N[C@@H](CO)C(=O)O.N[C@@H](CS)C(=O)O.N[C@@H](Cc1c[nH]c2ccccc12)C(=O)O.O=C(O)[C@@H]1CCCN1. The van der Waals surface area contributed by atoms with Gasteiger partial charge in [0, 0.05) is 55.3 Å². The minimum Gasteiger partial charge on any atom is -0.481 e. The van der Waals surface area contributed by atoms with Gasteiger partial charge in [-0.2, -0.15) is 12.6 Å². The number of nitrogens with two attached hydrogens (primary N) is 19. The van der Waals surface area contributed by atoms with Crippen LogP contribution in [0.25, 0.3) is 10.9 Å². The number of thiol groups is 1. The molecule has 0 bridgehead atoms. The zero-order valence-electron chi connectivity index (χ0n) is 82.9. The number of carbonyl (C=O) groups is 17. The highest BCUT2D eigenvalue weighted by atomic mass is 32.1. The van der Waals surface area contributed by atoms with Crippen LogP contribution in [0.3, 0.4) is 0 Å². The predicted octanol–water partition coefficient (Wildman–Crippen LogP) is -7.24. The van der Waals surface area contributed by atoms with Gasteiger partial charge in [-0.15, -0.1) is 0 Å². The van der Waals surface area contributed by atoms with Crippen LogP contribution in [-0.2, 0) is 87.9 Å². The molecule has 2 heterocycles. The fourth-order valence-corrected chi connectivity index (χ4v) is 8.13. The average molecular weight is 2110 g/mol. The van der Waals surface area contributed by atoms with Crippen molar-refractivity contribution in [3.05, 3.63) is 36.0 Å². The molecule has 16 atom stereocenters. The molecule has 63 N–H and O–H groups in total. The van der Waals surface area contributed by atoms with Gasteiger partial charge in [-0.25, -0.2) is 0 Å². The van der Waals surface area contributed by atoms with E-state index in [0.29, 0.717) is 89.9 Å². The molecular formula is C82H167N27O34S. The highest BCUT2D eigenvalue weighted by Gasteiger charge is 2.24. The maximum absolute atomic E-state index is 10.6. The van der Waals surface area contributed by atoms with Gasteiger partial charge in [0.1, 0.15) is 90.6 Å². The van der Waals surface area contributed by atoms with Crippen LogP contribution in [0, 0.1) is 45.8 Å². The fraction of sp³-hybridized carbons (Fsp3) is 0.659. The zero-order chi connectivity index (χ0) is 116. The molecular weight excluding hydrogens is 1940 g/mol. The van der Waals surface area contributed by atoms with E-state index < -0.39 is 199 Å². The number of hydrogen-bond acceptors (Lipinski definition) is 38. The lowest BCUT2D eigenvalue weighted by atomic mass is 10.0. The van der Waals surface area contributed by atoms with E-state index in [9.17, 15) is 81.5 Å². The van der Waals surface area contributed by atoms with E-state index >= 15 is 0 Å². The van der Waals surface area contributed by atoms with Crippen LogP contribution in [-0.4, -0.2) is 347 Å². The van der Waals surface area contributed by atoms with Crippen LogP contribution in [0.1, 0.15) is 178 Å². The third kappa shape index (κ3) is 110. The number of guanidine groups is 3. The van der Waals surface area contributed by atoms with Crippen molar-refractivity contribution in [3.63, 3.8) is 0 Å². The van der Waals surface area contributed by atoms with Crippen molar-refractivity contribution in [2.75, 3.05) is 45.1 Å². The first-order valence-electron chi connectivity index (χ1n) is 44.0. The van der Waals surface area contributed by atoms with Gasteiger partial charge >= 0.3 is 95.5 Å². The highest BCUT2D eigenvalue weighted by Crippen LogP contribution is 2.19. The first-order valence-corrected chi connectivity index (χ1v) is 44.6. The number of carbonyl (C=O) groups excluding carboxylic acids is 1. The number of aliphatic hydroxyl groups is 1. The fourth-order valence-electron chi connectivity index (χ4n) is 7.97. The van der Waals surface area contributed by atoms with Gasteiger partial charge in [-0.1, -0.05) is 100 Å². The molecule has 1 aliphatic rings. The number of carboxylic acid groups (broad SMARTS) is 16. The van der Waals surface area contributed by atoms with Crippen molar-refractivity contribution >= 4 is 143 Å². The van der Waals surface area contributed by atoms with Crippen molar-refractivity contribution in [1.82, 2.24) is 26.3 Å². The maximum atomic E-state index is 10.6. The molecule has 0 aliphatic carbocycles. The second-order valence-electron chi connectivity index (χ2n) is 31.9. The lowest BCUT2D eigenvalue weighted by Crippen LogP contribution is -2.36. The number of aliphatic hydroxyl groups excluding tert-OH is 1. The summed E-state index contributed by atoms with van der Waals surface area (Å²) in [5.74, 6) is -16.2. The predicted molar refractivity (Wildman–Crippen MR) is 535 cm³/mol. The molecule has 2 aromatic rings. The van der Waals surface area contributed by atoms with Crippen LogP contribution >= 0.6 is 12.6 Å². The van der Waals surface area contributed by atoms with Crippen LogP contribution in [0.2, 0.25) is 0 Å². The number of nitrogens with one attached hydrogen (secondary N) is 8. The molecule has 62 heteroatoms. The molecule has 144 heavy (non-hydrogen) atoms. The van der Waals surface area contributed by atoms with Gasteiger partial charge in [-0.3, -0.25) is 97.7 Å². The number of aliphatic carboxylic acids is 16. The molecule has 1 aromatic heterocycles. The normalized spacial score (nSPS) is 14.0. The van der Waals surface area contributed by atoms with E-state index in [-0.39, 0.29) is 66.2 Å². The maximum Gasteiger partial charge on any atom is 0.322 e. The first-order chi connectivity index (χ1) is 66.0. The largest absolute Gasteiger partial charge is 0.481 e. The third-order valence-corrected chi connectivity index (χ3v) is 17.8. The Morgan fingerprint density at radius 3 is 0.910 bits per heavy atom. The van der Waals surface area contributed by atoms with Gasteiger partial charge < -0.3 is 222 Å². The molecule has 1 fully saturated rings. The van der Waals surface area contributed by atoms with E-state index in [1.54, 1.807) is 41.5 Å². The van der Waals surface area contributed by atoms with Crippen LogP contribution in [0.15, 0.2) is 30.5 Å². The molecule has 0 spiro atoms. The Hall–Kier alpha value is -12.8. The van der Waals surface area contributed by atoms with Crippen molar-refractivity contribution in [3.8, 4) is 0 Å². The average Bonchev–Trinajstić information content (AvgIpc) is 1.69. The number of aromatic nitrogens is 1. The molecule has 1 aliphatic heterocycles. The van der Waals surface area contributed by atoms with E-state index in [0.717, 1.165) is 55.1 Å². The smallest absolute Gasteiger partial charge is 0.322 e. The van der Waals surface area contributed by atoms with Gasteiger partial charge in [0.2, 0.25) is 5.91 Å². The molecule has 1 saturated heterocycles. The summed E-state index contributed by atoms with van der Waals surface area (Å²) in [6, 6.07) is -4.27. The van der Waals surface area contributed by atoms with Gasteiger partial charge in [0.25, 0.3) is 0 Å². The number of para-hydroxylation sites is 1. The third-order valence-electron chi connectivity index (χ3n) is 17.4. The Morgan fingerprint density at radius 1 is 0.410 bits per heavy atom. The summed E-state index contributed by atoms with van der Waals surface area (Å²) in [7, 11) is 0. The Kier molecular flexibility index (Phi) is 105. The van der Waals surface area contributed by atoms with Gasteiger partial charge in [-0.05, 0) is 131 Å². The van der Waals surface area contributed by atoms with Crippen molar-refractivity contribution < 1.29 is 168 Å². The molecule has 3 rings (SSSR count). The number of aromatic amines is 1. The number of fused-ring (bicyclic) bond motifs is 1. The number of hydrogen-bond donors (Lipinski definition) is 45. The molecule has 61 nitrogen and oxygen atoms in total. The molecule has 0 radical (unpaired) electrons. The number of H-pyrrole nitrogens is 1. The monoisotopic (exact) mass is 2110 g/mol. The molecule has 0 saturated carbocycles. The Morgan fingerprint density at radius 2 is 0.722 bits per heavy atom. The van der Waals surface area contributed by atoms with Crippen LogP contribution < -0.4 is 130 Å². The summed E-state index contributed by atoms with van der Waals surface area (Å²) >= 11 is 3.65. The lowest BCUT2D eigenvalue weighted by molar-refractivity contribution is -0.144. The second kappa shape index (κ2) is 96.4. The van der Waals surface area contributed by atoms with Crippen LogP contribution in [0.4, 0.5) is 0 Å². The Balaban J connectivity index is -0.000000130. The summed E-state index contributed by atoms with van der Waals surface area (Å²) in [4.78, 5) is 174. The van der Waals surface area contributed by atoms with Gasteiger partial charge in [0.15, 0.2) is 17.9 Å². The Bertz CT molecular complexity index is 3770. The van der Waals surface area contributed by atoms with Crippen molar-refractivity contribution in [2.45, 2.75) is 269 Å². The van der Waals surface area contributed by atoms with E-state index in [1.807, 2.05) is 58.2 Å². The zero-order valence-corrected chi connectivity index (χ0v) is 83.8. The van der Waals surface area contributed by atoms with Gasteiger partial charge in [0.05, 0.1) is 13.0 Å². The summed E-state index contributed by atoms with van der Waals surface area (Å²) in [6.45, 7) is 20.7. The second-order valence-corrected chi connectivity index (χ2v) is 32.3. The number of benzene rings is 1. The Labute approximate surface area is 839 Å². The minimum absolute atomic E-state index is 0.0208. The van der Waals surface area contributed by atoms with Crippen molar-refractivity contribution in [2.24, 2.45) is 139 Å². The molecule has 840 valence electrons. The number of primary amides is 1. The highest BCUT2D eigenvalue weighted by molar-refractivity contribution is 7.80. The summed E-state index contributed by atoms with van der Waals surface area (Å²) in [6.07, 6.45) is 9.99.